The number of fused-ring (bicyclic) bond motifs is 2. The first-order valence-corrected chi connectivity index (χ1v) is 6.87. The largest absolute Gasteiger partial charge is 0.490 e. The van der Waals surface area contributed by atoms with Crippen molar-refractivity contribution in [1.29, 1.82) is 0 Å². The van der Waals surface area contributed by atoms with Crippen LogP contribution >= 0.6 is 0 Å². The van der Waals surface area contributed by atoms with Gasteiger partial charge in [0.25, 0.3) is 0 Å². The van der Waals surface area contributed by atoms with Gasteiger partial charge in [-0.2, -0.15) is 0 Å². The molecule has 0 radical (unpaired) electrons. The maximum Gasteiger partial charge on any atom is 0.198 e. The summed E-state index contributed by atoms with van der Waals surface area (Å²) in [5.74, 6) is -0.140. The van der Waals surface area contributed by atoms with E-state index in [-0.39, 0.29) is 35.0 Å². The molecule has 5 nitrogen and oxygen atoms in total. The van der Waals surface area contributed by atoms with Crippen LogP contribution in [-0.2, 0) is 4.74 Å². The Bertz CT molecular complexity index is 767. The minimum Gasteiger partial charge on any atom is -0.490 e. The van der Waals surface area contributed by atoms with Gasteiger partial charge in [-0.25, -0.2) is 0 Å². The van der Waals surface area contributed by atoms with Crippen LogP contribution in [0.3, 0.4) is 0 Å². The molecule has 0 saturated heterocycles. The van der Waals surface area contributed by atoms with E-state index < -0.39 is 0 Å². The first-order valence-electron chi connectivity index (χ1n) is 6.87. The fraction of sp³-hybridized carbons (Fsp3) is 0.176. The van der Waals surface area contributed by atoms with Crippen molar-refractivity contribution < 1.29 is 19.1 Å². The fourth-order valence-corrected chi connectivity index (χ4v) is 2.57. The molecule has 0 aliphatic heterocycles. The lowest BCUT2D eigenvalue weighted by Gasteiger charge is -2.21. The maximum absolute atomic E-state index is 12.7. The number of ether oxygens (including phenoxy) is 2. The summed E-state index contributed by atoms with van der Waals surface area (Å²) < 4.78 is 10.5. The predicted molar refractivity (Wildman–Crippen MR) is 81.5 cm³/mol. The number of nitrogens with two attached hydrogens (primary N) is 1. The van der Waals surface area contributed by atoms with Crippen molar-refractivity contribution in [3.63, 3.8) is 0 Å². The molecule has 5 heteroatoms. The normalized spacial score (nSPS) is 12.8. The number of methoxy groups -OCH3 is 1. The molecular weight excluding hydrogens is 282 g/mol. The van der Waals surface area contributed by atoms with Gasteiger partial charge in [0.15, 0.2) is 11.6 Å². The highest BCUT2D eigenvalue weighted by atomic mass is 16.5. The Morgan fingerprint density at radius 1 is 0.909 bits per heavy atom. The average molecular weight is 297 g/mol. The lowest BCUT2D eigenvalue weighted by atomic mass is 9.83. The van der Waals surface area contributed by atoms with Crippen molar-refractivity contribution in [3.05, 3.63) is 58.7 Å². The molecule has 0 atom stereocenters. The van der Waals surface area contributed by atoms with Crippen molar-refractivity contribution in [2.24, 2.45) is 0 Å². The van der Waals surface area contributed by atoms with E-state index in [1.54, 1.807) is 43.5 Å². The molecular formula is C17H15NO4. The lowest BCUT2D eigenvalue weighted by Crippen LogP contribution is -2.23. The SMILES string of the molecule is COCCOc1ccc(N)c2c1C(=O)c1ccccc1C2=O. The first-order chi connectivity index (χ1) is 10.6. The third-order valence-corrected chi connectivity index (χ3v) is 3.61. The Morgan fingerprint density at radius 2 is 1.55 bits per heavy atom. The summed E-state index contributed by atoms with van der Waals surface area (Å²) in [5, 5.41) is 0. The Hall–Kier alpha value is -2.66. The van der Waals surface area contributed by atoms with Gasteiger partial charge >= 0.3 is 0 Å². The number of rotatable bonds is 4. The van der Waals surface area contributed by atoms with Gasteiger partial charge < -0.3 is 15.2 Å². The molecule has 0 unspecified atom stereocenters. The number of benzene rings is 2. The molecule has 112 valence electrons. The van der Waals surface area contributed by atoms with Crippen LogP contribution < -0.4 is 10.5 Å². The number of carbonyl (C=O) groups is 2. The highest BCUT2D eigenvalue weighted by Gasteiger charge is 2.33. The van der Waals surface area contributed by atoms with Gasteiger partial charge in [-0.05, 0) is 12.1 Å². The molecule has 22 heavy (non-hydrogen) atoms. The molecule has 1 aliphatic carbocycles. The van der Waals surface area contributed by atoms with E-state index in [0.29, 0.717) is 23.5 Å². The van der Waals surface area contributed by atoms with Crippen LogP contribution in [0.2, 0.25) is 0 Å². The lowest BCUT2D eigenvalue weighted by molar-refractivity contribution is 0.0973. The van der Waals surface area contributed by atoms with E-state index >= 15 is 0 Å². The molecule has 3 rings (SSSR count). The second-order valence-electron chi connectivity index (χ2n) is 4.95. The van der Waals surface area contributed by atoms with Crippen LogP contribution in [0.5, 0.6) is 5.75 Å². The molecule has 1 aliphatic rings. The summed E-state index contributed by atoms with van der Waals surface area (Å²) in [7, 11) is 1.56. The number of hydrogen-bond acceptors (Lipinski definition) is 5. The third kappa shape index (κ3) is 2.16. The van der Waals surface area contributed by atoms with Gasteiger partial charge in [-0.1, -0.05) is 24.3 Å². The van der Waals surface area contributed by atoms with Crippen LogP contribution in [0.15, 0.2) is 36.4 Å². The van der Waals surface area contributed by atoms with Crippen molar-refractivity contribution in [3.8, 4) is 5.75 Å². The van der Waals surface area contributed by atoms with E-state index in [2.05, 4.69) is 0 Å². The number of nitrogen functional groups attached to an aromatic ring is 1. The number of hydrogen-bond donors (Lipinski definition) is 1. The Kier molecular flexibility index (Phi) is 3.65. The smallest absolute Gasteiger partial charge is 0.198 e. The standard InChI is InChI=1S/C17H15NO4/c1-21-8-9-22-13-7-6-12(18)14-15(13)17(20)11-5-3-2-4-10(11)16(14)19/h2-7H,8-9,18H2,1H3. The van der Waals surface area contributed by atoms with E-state index in [4.69, 9.17) is 15.2 Å². The first kappa shape index (κ1) is 14.3. The molecule has 0 amide bonds. The average Bonchev–Trinajstić information content (AvgIpc) is 2.54. The zero-order valence-corrected chi connectivity index (χ0v) is 12.1. The second-order valence-corrected chi connectivity index (χ2v) is 4.95. The zero-order chi connectivity index (χ0) is 15.7. The Labute approximate surface area is 127 Å². The minimum absolute atomic E-state index is 0.221. The monoisotopic (exact) mass is 297 g/mol. The van der Waals surface area contributed by atoms with Crippen LogP contribution in [0.4, 0.5) is 5.69 Å². The van der Waals surface area contributed by atoms with Crippen LogP contribution in [0, 0.1) is 0 Å². The van der Waals surface area contributed by atoms with Crippen LogP contribution in [0.1, 0.15) is 31.8 Å². The van der Waals surface area contributed by atoms with Gasteiger partial charge in [0.2, 0.25) is 0 Å². The Morgan fingerprint density at radius 3 is 2.18 bits per heavy atom. The third-order valence-electron chi connectivity index (χ3n) is 3.61. The summed E-state index contributed by atoms with van der Waals surface area (Å²) in [6.45, 7) is 0.674. The van der Waals surface area contributed by atoms with Crippen molar-refractivity contribution in [2.45, 2.75) is 0 Å². The molecule has 0 bridgehead atoms. The number of carbonyl (C=O) groups excluding carboxylic acids is 2. The maximum atomic E-state index is 12.7. The molecule has 0 aromatic heterocycles. The topological polar surface area (TPSA) is 78.6 Å². The molecule has 0 saturated carbocycles. The van der Waals surface area contributed by atoms with Crippen LogP contribution in [0.25, 0.3) is 0 Å². The summed E-state index contributed by atoms with van der Waals surface area (Å²) in [6.07, 6.45) is 0. The predicted octanol–water partition coefficient (Wildman–Crippen LogP) is 2.07. The molecule has 0 spiro atoms. The van der Waals surface area contributed by atoms with Gasteiger partial charge in [-0.3, -0.25) is 9.59 Å². The summed E-state index contributed by atoms with van der Waals surface area (Å²) >= 11 is 0. The van der Waals surface area contributed by atoms with Gasteiger partial charge in [0.1, 0.15) is 12.4 Å². The fourth-order valence-electron chi connectivity index (χ4n) is 2.57. The number of anilines is 1. The molecule has 0 fully saturated rings. The van der Waals surface area contributed by atoms with E-state index in [1.165, 1.54) is 0 Å². The summed E-state index contributed by atoms with van der Waals surface area (Å²) in [6, 6.07) is 9.93. The van der Waals surface area contributed by atoms with Gasteiger partial charge in [0, 0.05) is 23.9 Å². The minimum atomic E-state index is -0.250. The van der Waals surface area contributed by atoms with Crippen molar-refractivity contribution >= 4 is 17.3 Å². The van der Waals surface area contributed by atoms with E-state index in [0.717, 1.165) is 0 Å². The van der Waals surface area contributed by atoms with Crippen molar-refractivity contribution in [1.82, 2.24) is 0 Å². The molecule has 2 N–H and O–H groups in total. The molecule has 2 aromatic carbocycles. The van der Waals surface area contributed by atoms with E-state index in [9.17, 15) is 9.59 Å². The quantitative estimate of drug-likeness (QED) is 0.589. The van der Waals surface area contributed by atoms with Gasteiger partial charge in [-0.15, -0.1) is 0 Å². The van der Waals surface area contributed by atoms with Crippen molar-refractivity contribution in [2.75, 3.05) is 26.1 Å². The zero-order valence-electron chi connectivity index (χ0n) is 12.1. The summed E-state index contributed by atoms with van der Waals surface area (Å²) in [5.41, 5.74) is 7.41. The number of ketones is 2. The Balaban J connectivity index is 2.14. The van der Waals surface area contributed by atoms with E-state index in [1.807, 2.05) is 0 Å². The molecule has 2 aromatic rings. The molecule has 0 heterocycles. The van der Waals surface area contributed by atoms with Crippen LogP contribution in [-0.4, -0.2) is 31.9 Å². The van der Waals surface area contributed by atoms with Gasteiger partial charge in [0.05, 0.1) is 17.7 Å². The highest BCUT2D eigenvalue weighted by molar-refractivity contribution is 6.30. The summed E-state index contributed by atoms with van der Waals surface area (Å²) in [4.78, 5) is 25.4. The second kappa shape index (κ2) is 5.61. The highest BCUT2D eigenvalue weighted by Crippen LogP contribution is 2.36.